The van der Waals surface area contributed by atoms with Gasteiger partial charge in [0.15, 0.2) is 0 Å². The Kier molecular flexibility index (Phi) is 5.88. The summed E-state index contributed by atoms with van der Waals surface area (Å²) < 4.78 is 0. The molecule has 0 bridgehead atoms. The third-order valence-electron chi connectivity index (χ3n) is 4.21. The first-order valence-electron chi connectivity index (χ1n) is 7.70. The van der Waals surface area contributed by atoms with Gasteiger partial charge in [-0.2, -0.15) is 5.26 Å². The first-order chi connectivity index (χ1) is 9.81. The minimum absolute atomic E-state index is 0.218. The molecule has 2 rings (SSSR count). The van der Waals surface area contributed by atoms with E-state index in [0.717, 1.165) is 32.4 Å². The maximum absolute atomic E-state index is 9.16. The maximum atomic E-state index is 9.16. The van der Waals surface area contributed by atoms with Crippen LogP contribution < -0.4 is 10.2 Å². The predicted octanol–water partition coefficient (Wildman–Crippen LogP) is 3.18. The molecule has 0 aliphatic heterocycles. The van der Waals surface area contributed by atoms with Crippen molar-refractivity contribution in [2.75, 3.05) is 25.0 Å². The molecule has 0 heterocycles. The van der Waals surface area contributed by atoms with Gasteiger partial charge in [-0.3, -0.25) is 0 Å². The van der Waals surface area contributed by atoms with Crippen LogP contribution in [0.4, 0.5) is 5.69 Å². The van der Waals surface area contributed by atoms with Crippen molar-refractivity contribution >= 4 is 5.69 Å². The van der Waals surface area contributed by atoms with Crippen molar-refractivity contribution in [3.63, 3.8) is 0 Å². The third-order valence-corrected chi connectivity index (χ3v) is 4.21. The number of nitriles is 1. The summed E-state index contributed by atoms with van der Waals surface area (Å²) in [5.74, 6) is 0.218. The maximum Gasteiger partial charge on any atom is 0.0672 e. The van der Waals surface area contributed by atoms with Gasteiger partial charge in [-0.05, 0) is 37.9 Å². The van der Waals surface area contributed by atoms with E-state index in [1.165, 1.54) is 18.5 Å². The lowest BCUT2D eigenvalue weighted by Gasteiger charge is -2.28. The van der Waals surface area contributed by atoms with Gasteiger partial charge in [0, 0.05) is 25.3 Å². The van der Waals surface area contributed by atoms with Gasteiger partial charge in [-0.25, -0.2) is 0 Å². The zero-order valence-electron chi connectivity index (χ0n) is 12.4. The van der Waals surface area contributed by atoms with Crippen molar-refractivity contribution in [3.8, 4) is 6.07 Å². The SMILES string of the molecule is CN(CCCNC1CCCCC1C#N)c1ccccc1. The highest BCUT2D eigenvalue weighted by atomic mass is 15.1. The van der Waals surface area contributed by atoms with E-state index < -0.39 is 0 Å². The Morgan fingerprint density at radius 3 is 2.75 bits per heavy atom. The van der Waals surface area contributed by atoms with Gasteiger partial charge in [-0.15, -0.1) is 0 Å². The van der Waals surface area contributed by atoms with E-state index in [2.05, 4.69) is 47.6 Å². The minimum Gasteiger partial charge on any atom is -0.375 e. The molecular weight excluding hydrogens is 246 g/mol. The predicted molar refractivity (Wildman–Crippen MR) is 83.7 cm³/mol. The van der Waals surface area contributed by atoms with Gasteiger partial charge in [0.1, 0.15) is 0 Å². The van der Waals surface area contributed by atoms with Crippen LogP contribution in [-0.4, -0.2) is 26.2 Å². The molecule has 20 heavy (non-hydrogen) atoms. The topological polar surface area (TPSA) is 39.1 Å². The normalized spacial score (nSPS) is 22.2. The second-order valence-electron chi connectivity index (χ2n) is 5.69. The molecule has 3 heteroatoms. The Bertz CT molecular complexity index is 424. The van der Waals surface area contributed by atoms with E-state index in [4.69, 9.17) is 5.26 Å². The Morgan fingerprint density at radius 2 is 2.00 bits per heavy atom. The van der Waals surface area contributed by atoms with Crippen LogP contribution >= 0.6 is 0 Å². The van der Waals surface area contributed by atoms with E-state index in [1.807, 2.05) is 6.07 Å². The highest BCUT2D eigenvalue weighted by molar-refractivity contribution is 5.44. The fourth-order valence-electron chi connectivity index (χ4n) is 2.94. The van der Waals surface area contributed by atoms with Crippen LogP contribution in [-0.2, 0) is 0 Å². The molecule has 1 aromatic carbocycles. The van der Waals surface area contributed by atoms with Gasteiger partial charge in [-0.1, -0.05) is 31.0 Å². The molecular formula is C17H25N3. The summed E-state index contributed by atoms with van der Waals surface area (Å²) >= 11 is 0. The van der Waals surface area contributed by atoms with E-state index in [-0.39, 0.29) is 5.92 Å². The van der Waals surface area contributed by atoms with Crippen LogP contribution in [0.25, 0.3) is 0 Å². The molecule has 0 saturated heterocycles. The van der Waals surface area contributed by atoms with Crippen LogP contribution in [0.5, 0.6) is 0 Å². The second-order valence-corrected chi connectivity index (χ2v) is 5.69. The summed E-state index contributed by atoms with van der Waals surface area (Å²) in [6.45, 7) is 2.04. The molecule has 3 nitrogen and oxygen atoms in total. The summed E-state index contributed by atoms with van der Waals surface area (Å²) in [5.41, 5.74) is 1.26. The van der Waals surface area contributed by atoms with Crippen LogP contribution in [0.2, 0.25) is 0 Å². The smallest absolute Gasteiger partial charge is 0.0672 e. The standard InChI is InChI=1S/C17H25N3/c1-20(16-9-3-2-4-10-16)13-7-12-19-17-11-6-5-8-15(17)14-18/h2-4,9-10,15,17,19H,5-8,11-13H2,1H3. The van der Waals surface area contributed by atoms with Crippen LogP contribution in [0.1, 0.15) is 32.1 Å². The average Bonchev–Trinajstić information content (AvgIpc) is 2.52. The molecule has 1 N–H and O–H groups in total. The van der Waals surface area contributed by atoms with Crippen molar-refractivity contribution in [3.05, 3.63) is 30.3 Å². The first kappa shape index (κ1) is 14.9. The van der Waals surface area contributed by atoms with Gasteiger partial charge >= 0.3 is 0 Å². The Labute approximate surface area is 122 Å². The summed E-state index contributed by atoms with van der Waals surface area (Å²) in [6, 6.07) is 13.3. The fraction of sp³-hybridized carbons (Fsp3) is 0.588. The number of para-hydroxylation sites is 1. The average molecular weight is 271 g/mol. The van der Waals surface area contributed by atoms with Gasteiger partial charge in [0.25, 0.3) is 0 Å². The molecule has 0 spiro atoms. The monoisotopic (exact) mass is 271 g/mol. The van der Waals surface area contributed by atoms with E-state index in [0.29, 0.717) is 6.04 Å². The number of nitrogens with one attached hydrogen (secondary N) is 1. The lowest BCUT2D eigenvalue weighted by atomic mass is 9.85. The van der Waals surface area contributed by atoms with E-state index in [1.54, 1.807) is 0 Å². The molecule has 2 unspecified atom stereocenters. The molecule has 0 aromatic heterocycles. The first-order valence-corrected chi connectivity index (χ1v) is 7.70. The molecule has 2 atom stereocenters. The Morgan fingerprint density at radius 1 is 1.25 bits per heavy atom. The molecule has 1 aromatic rings. The summed E-state index contributed by atoms with van der Waals surface area (Å²) in [7, 11) is 2.13. The summed E-state index contributed by atoms with van der Waals surface area (Å²) in [6.07, 6.45) is 5.82. The number of hydrogen-bond acceptors (Lipinski definition) is 3. The number of hydrogen-bond donors (Lipinski definition) is 1. The Hall–Kier alpha value is -1.53. The summed E-state index contributed by atoms with van der Waals surface area (Å²) in [4.78, 5) is 2.28. The largest absolute Gasteiger partial charge is 0.375 e. The number of benzene rings is 1. The lowest BCUT2D eigenvalue weighted by Crippen LogP contribution is -2.39. The molecule has 0 amide bonds. The highest BCUT2D eigenvalue weighted by Gasteiger charge is 2.23. The second kappa shape index (κ2) is 7.91. The molecule has 1 aliphatic carbocycles. The zero-order valence-corrected chi connectivity index (χ0v) is 12.4. The highest BCUT2D eigenvalue weighted by Crippen LogP contribution is 2.23. The van der Waals surface area contributed by atoms with E-state index >= 15 is 0 Å². The zero-order chi connectivity index (χ0) is 14.2. The fourth-order valence-corrected chi connectivity index (χ4v) is 2.94. The third kappa shape index (κ3) is 4.25. The van der Waals surface area contributed by atoms with Crippen molar-refractivity contribution in [1.29, 1.82) is 5.26 Å². The van der Waals surface area contributed by atoms with Crippen molar-refractivity contribution in [2.45, 2.75) is 38.1 Å². The molecule has 1 aliphatic rings. The van der Waals surface area contributed by atoms with Crippen LogP contribution in [0.15, 0.2) is 30.3 Å². The molecule has 1 saturated carbocycles. The van der Waals surface area contributed by atoms with Crippen molar-refractivity contribution in [2.24, 2.45) is 5.92 Å². The number of rotatable bonds is 6. The number of nitrogens with zero attached hydrogens (tertiary/aromatic N) is 2. The summed E-state index contributed by atoms with van der Waals surface area (Å²) in [5, 5.41) is 12.7. The minimum atomic E-state index is 0.218. The van der Waals surface area contributed by atoms with Gasteiger partial charge in [0.05, 0.1) is 12.0 Å². The van der Waals surface area contributed by atoms with Crippen molar-refractivity contribution < 1.29 is 0 Å². The van der Waals surface area contributed by atoms with Gasteiger partial charge < -0.3 is 10.2 Å². The molecule has 1 fully saturated rings. The van der Waals surface area contributed by atoms with Crippen molar-refractivity contribution in [1.82, 2.24) is 5.32 Å². The number of anilines is 1. The van der Waals surface area contributed by atoms with E-state index in [9.17, 15) is 0 Å². The quantitative estimate of drug-likeness (QED) is 0.808. The van der Waals surface area contributed by atoms with Gasteiger partial charge in [0.2, 0.25) is 0 Å². The van der Waals surface area contributed by atoms with Crippen LogP contribution in [0, 0.1) is 17.2 Å². The van der Waals surface area contributed by atoms with Crippen LogP contribution in [0.3, 0.4) is 0 Å². The Balaban J connectivity index is 1.67. The molecule has 108 valence electrons. The lowest BCUT2D eigenvalue weighted by molar-refractivity contribution is 0.312. The molecule has 0 radical (unpaired) electrons.